The molecule has 4 heteroatoms. The number of benzene rings is 1. The molecule has 0 heterocycles. The van der Waals surface area contributed by atoms with E-state index < -0.39 is 0 Å². The van der Waals surface area contributed by atoms with Gasteiger partial charge in [0.1, 0.15) is 0 Å². The molecule has 0 aromatic heterocycles. The van der Waals surface area contributed by atoms with E-state index >= 15 is 0 Å². The van der Waals surface area contributed by atoms with Crippen LogP contribution in [0.3, 0.4) is 0 Å². The van der Waals surface area contributed by atoms with E-state index in [0.717, 1.165) is 18.5 Å². The van der Waals surface area contributed by atoms with Crippen molar-refractivity contribution < 1.29 is 9.59 Å². The molecule has 18 heavy (non-hydrogen) atoms. The maximum Gasteiger partial charge on any atom is 0.251 e. The monoisotopic (exact) mass is 244 g/mol. The molecule has 94 valence electrons. The Morgan fingerprint density at radius 1 is 1.28 bits per heavy atom. The number of anilines is 1. The lowest BCUT2D eigenvalue weighted by Gasteiger charge is -2.06. The van der Waals surface area contributed by atoms with E-state index in [1.54, 1.807) is 30.3 Å². The second-order valence-electron chi connectivity index (χ2n) is 4.34. The molecule has 2 amide bonds. The zero-order valence-electron chi connectivity index (χ0n) is 10.1. The lowest BCUT2D eigenvalue weighted by molar-refractivity contribution is -0.117. The highest BCUT2D eigenvalue weighted by Crippen LogP contribution is 2.30. The molecule has 0 aliphatic heterocycles. The van der Waals surface area contributed by atoms with Gasteiger partial charge in [0, 0.05) is 23.7 Å². The molecule has 1 aromatic rings. The van der Waals surface area contributed by atoms with Gasteiger partial charge in [-0.1, -0.05) is 6.08 Å². The summed E-state index contributed by atoms with van der Waals surface area (Å²) in [6, 6.07) is 6.87. The zero-order chi connectivity index (χ0) is 13.0. The first kappa shape index (κ1) is 12.4. The van der Waals surface area contributed by atoms with Crippen LogP contribution in [0.1, 0.15) is 23.2 Å². The van der Waals surface area contributed by atoms with Crippen LogP contribution >= 0.6 is 0 Å². The predicted molar refractivity (Wildman–Crippen MR) is 70.3 cm³/mol. The molecule has 1 aliphatic rings. The van der Waals surface area contributed by atoms with Gasteiger partial charge in [0.25, 0.3) is 5.91 Å². The first-order chi connectivity index (χ1) is 8.70. The Bertz CT molecular complexity index is 461. The van der Waals surface area contributed by atoms with Crippen LogP contribution in [0.25, 0.3) is 0 Å². The fourth-order valence-corrected chi connectivity index (χ4v) is 1.56. The third-order valence-electron chi connectivity index (χ3n) is 2.77. The van der Waals surface area contributed by atoms with Gasteiger partial charge >= 0.3 is 0 Å². The van der Waals surface area contributed by atoms with Crippen molar-refractivity contribution in [3.63, 3.8) is 0 Å². The molecular weight excluding hydrogens is 228 g/mol. The molecule has 1 fully saturated rings. The topological polar surface area (TPSA) is 58.2 Å². The molecular formula is C14H16N2O2. The standard InChI is InChI=1S/C14H16N2O2/c1-2-9-15-13(17)10-5-7-12(8-6-10)16-14(18)11-3-4-11/h2,5-8,11H,1,3-4,9H2,(H,15,17)(H,16,18). The highest BCUT2D eigenvalue weighted by Gasteiger charge is 2.29. The lowest BCUT2D eigenvalue weighted by atomic mass is 10.2. The zero-order valence-corrected chi connectivity index (χ0v) is 10.1. The van der Waals surface area contributed by atoms with Crippen LogP contribution in [0.5, 0.6) is 0 Å². The maximum absolute atomic E-state index is 11.6. The van der Waals surface area contributed by atoms with Crippen LogP contribution in [-0.4, -0.2) is 18.4 Å². The Labute approximate surface area is 106 Å². The van der Waals surface area contributed by atoms with Gasteiger partial charge in [-0.3, -0.25) is 9.59 Å². The molecule has 2 rings (SSSR count). The van der Waals surface area contributed by atoms with Crippen molar-refractivity contribution in [2.24, 2.45) is 5.92 Å². The van der Waals surface area contributed by atoms with Gasteiger partial charge in [-0.2, -0.15) is 0 Å². The molecule has 1 aliphatic carbocycles. The molecule has 0 atom stereocenters. The van der Waals surface area contributed by atoms with Crippen LogP contribution in [0.4, 0.5) is 5.69 Å². The summed E-state index contributed by atoms with van der Waals surface area (Å²) in [5.74, 6) is 0.106. The molecule has 2 N–H and O–H groups in total. The molecule has 0 bridgehead atoms. The van der Waals surface area contributed by atoms with Gasteiger partial charge in [0.05, 0.1) is 0 Å². The van der Waals surface area contributed by atoms with Crippen LogP contribution < -0.4 is 10.6 Å². The van der Waals surface area contributed by atoms with E-state index in [0.29, 0.717) is 12.1 Å². The van der Waals surface area contributed by atoms with Crippen molar-refractivity contribution in [3.05, 3.63) is 42.5 Å². The first-order valence-electron chi connectivity index (χ1n) is 6.00. The lowest BCUT2D eigenvalue weighted by Crippen LogP contribution is -2.23. The van der Waals surface area contributed by atoms with Crippen LogP contribution in [0, 0.1) is 5.92 Å². The summed E-state index contributed by atoms with van der Waals surface area (Å²) in [5, 5.41) is 5.52. The Kier molecular flexibility index (Phi) is 3.77. The minimum atomic E-state index is -0.144. The van der Waals surface area contributed by atoms with Crippen molar-refractivity contribution in [1.82, 2.24) is 5.32 Å². The second-order valence-corrected chi connectivity index (χ2v) is 4.34. The quantitative estimate of drug-likeness (QED) is 0.778. The number of amides is 2. The van der Waals surface area contributed by atoms with Gasteiger partial charge in [0.2, 0.25) is 5.91 Å². The van der Waals surface area contributed by atoms with Gasteiger partial charge in [-0.15, -0.1) is 6.58 Å². The molecule has 0 spiro atoms. The summed E-state index contributed by atoms with van der Waals surface area (Å²) in [4.78, 5) is 23.1. The number of hydrogen-bond donors (Lipinski definition) is 2. The maximum atomic E-state index is 11.6. The summed E-state index contributed by atoms with van der Waals surface area (Å²) in [5.41, 5.74) is 1.30. The summed E-state index contributed by atoms with van der Waals surface area (Å²) >= 11 is 0. The van der Waals surface area contributed by atoms with Gasteiger partial charge in [-0.05, 0) is 37.1 Å². The van der Waals surface area contributed by atoms with Crippen molar-refractivity contribution >= 4 is 17.5 Å². The molecule has 0 radical (unpaired) electrons. The molecule has 1 aromatic carbocycles. The molecule has 1 saturated carbocycles. The van der Waals surface area contributed by atoms with E-state index in [4.69, 9.17) is 0 Å². The van der Waals surface area contributed by atoms with E-state index in [2.05, 4.69) is 17.2 Å². The van der Waals surface area contributed by atoms with Crippen LogP contribution in [0.15, 0.2) is 36.9 Å². The fraction of sp³-hybridized carbons (Fsp3) is 0.286. The summed E-state index contributed by atoms with van der Waals surface area (Å²) < 4.78 is 0. The summed E-state index contributed by atoms with van der Waals surface area (Å²) in [6.07, 6.45) is 3.59. The van der Waals surface area contributed by atoms with Crippen molar-refractivity contribution in [3.8, 4) is 0 Å². The highest BCUT2D eigenvalue weighted by atomic mass is 16.2. The first-order valence-corrected chi connectivity index (χ1v) is 6.00. The van der Waals surface area contributed by atoms with Gasteiger partial charge < -0.3 is 10.6 Å². The number of nitrogens with one attached hydrogen (secondary N) is 2. The Morgan fingerprint density at radius 2 is 1.94 bits per heavy atom. The average molecular weight is 244 g/mol. The normalized spacial score (nSPS) is 13.8. The van der Waals surface area contributed by atoms with E-state index in [-0.39, 0.29) is 17.7 Å². The number of carbonyl (C=O) groups excluding carboxylic acids is 2. The minimum absolute atomic E-state index is 0.0684. The van der Waals surface area contributed by atoms with E-state index in [1.807, 2.05) is 0 Å². The smallest absolute Gasteiger partial charge is 0.251 e. The number of hydrogen-bond acceptors (Lipinski definition) is 2. The van der Waals surface area contributed by atoms with Crippen LogP contribution in [0.2, 0.25) is 0 Å². The SMILES string of the molecule is C=CCNC(=O)c1ccc(NC(=O)C2CC2)cc1. The van der Waals surface area contributed by atoms with Crippen LogP contribution in [-0.2, 0) is 4.79 Å². The van der Waals surface area contributed by atoms with Crippen molar-refractivity contribution in [2.75, 3.05) is 11.9 Å². The second kappa shape index (κ2) is 5.49. The third kappa shape index (κ3) is 3.20. The number of rotatable bonds is 5. The van der Waals surface area contributed by atoms with E-state index in [1.165, 1.54) is 0 Å². The Hall–Kier alpha value is -2.10. The minimum Gasteiger partial charge on any atom is -0.349 e. The van der Waals surface area contributed by atoms with E-state index in [9.17, 15) is 9.59 Å². The Balaban J connectivity index is 1.93. The molecule has 0 saturated heterocycles. The van der Waals surface area contributed by atoms with Gasteiger partial charge in [0.15, 0.2) is 0 Å². The highest BCUT2D eigenvalue weighted by molar-refractivity contribution is 5.96. The Morgan fingerprint density at radius 3 is 2.50 bits per heavy atom. The average Bonchev–Trinajstić information content (AvgIpc) is 3.21. The molecule has 4 nitrogen and oxygen atoms in total. The fourth-order valence-electron chi connectivity index (χ4n) is 1.56. The largest absolute Gasteiger partial charge is 0.349 e. The van der Waals surface area contributed by atoms with Gasteiger partial charge in [-0.25, -0.2) is 0 Å². The molecule has 0 unspecified atom stereocenters. The summed E-state index contributed by atoms with van der Waals surface area (Å²) in [6.45, 7) is 3.98. The number of carbonyl (C=O) groups is 2. The van der Waals surface area contributed by atoms with Crippen molar-refractivity contribution in [2.45, 2.75) is 12.8 Å². The third-order valence-corrected chi connectivity index (χ3v) is 2.77. The predicted octanol–water partition coefficient (Wildman–Crippen LogP) is 1.95. The summed E-state index contributed by atoms with van der Waals surface area (Å²) in [7, 11) is 0. The van der Waals surface area contributed by atoms with Crippen molar-refractivity contribution in [1.29, 1.82) is 0 Å².